The van der Waals surface area contributed by atoms with Gasteiger partial charge < -0.3 is 10.2 Å². The van der Waals surface area contributed by atoms with Crippen molar-refractivity contribution < 1.29 is 15.0 Å². The van der Waals surface area contributed by atoms with Gasteiger partial charge in [0, 0.05) is 12.0 Å². The maximum absolute atomic E-state index is 12.4. The van der Waals surface area contributed by atoms with E-state index in [1.54, 1.807) is 0 Å². The minimum Gasteiger partial charge on any atom is -0.396 e. The molecule has 3 aliphatic rings. The largest absolute Gasteiger partial charge is 0.396 e. The lowest BCUT2D eigenvalue weighted by Crippen LogP contribution is -2.60. The molecule has 0 aliphatic heterocycles. The van der Waals surface area contributed by atoms with Crippen molar-refractivity contribution in [3.8, 4) is 0 Å². The highest BCUT2D eigenvalue weighted by Gasteiger charge is 2.68. The number of ketones is 1. The lowest BCUT2D eigenvalue weighted by molar-refractivity contribution is -0.149. The van der Waals surface area contributed by atoms with E-state index >= 15 is 0 Å². The minimum absolute atomic E-state index is 0.0452. The second-order valence-corrected chi connectivity index (χ2v) is 7.13. The molecule has 3 nitrogen and oxygen atoms in total. The molecule has 100 valence electrons. The molecule has 2 fully saturated rings. The van der Waals surface area contributed by atoms with E-state index in [4.69, 9.17) is 0 Å². The number of carbonyl (C=O) groups is 1. The molecule has 0 bridgehead atoms. The standard InChI is InChI=1S/C15H22O3/c1-9-10-4-5-14(10,3)15(18)7-13(2,8-16)6-11(15)12(9)17/h11,16,18H,4-8H2,1-3H3/t11-,13-,14-,15+/m0/s1. The van der Waals surface area contributed by atoms with E-state index in [1.807, 2.05) is 13.8 Å². The predicted molar refractivity (Wildman–Crippen MR) is 67.9 cm³/mol. The fraction of sp³-hybridized carbons (Fsp3) is 0.800. The molecule has 3 heteroatoms. The van der Waals surface area contributed by atoms with Crippen LogP contribution in [0.5, 0.6) is 0 Å². The number of fused-ring (bicyclic) bond motifs is 3. The van der Waals surface area contributed by atoms with E-state index in [-0.39, 0.29) is 29.1 Å². The van der Waals surface area contributed by atoms with Crippen LogP contribution in [0.4, 0.5) is 0 Å². The molecule has 0 amide bonds. The Labute approximate surface area is 108 Å². The van der Waals surface area contributed by atoms with Crippen LogP contribution in [0.15, 0.2) is 11.1 Å². The van der Waals surface area contributed by atoms with E-state index in [9.17, 15) is 15.0 Å². The highest BCUT2D eigenvalue weighted by molar-refractivity contribution is 6.00. The topological polar surface area (TPSA) is 57.5 Å². The highest BCUT2D eigenvalue weighted by Crippen LogP contribution is 2.67. The SMILES string of the molecule is CC1=C2CC[C@]2(C)[C@@]2(O)C[C@@](C)(CO)C[C@H]2C1=O. The minimum atomic E-state index is -0.936. The van der Waals surface area contributed by atoms with Gasteiger partial charge in [-0.1, -0.05) is 19.4 Å². The van der Waals surface area contributed by atoms with Crippen LogP contribution < -0.4 is 0 Å². The van der Waals surface area contributed by atoms with E-state index in [0.717, 1.165) is 24.0 Å². The Bertz CT molecular complexity index is 466. The molecular formula is C15H22O3. The fourth-order valence-corrected chi connectivity index (χ4v) is 4.63. The van der Waals surface area contributed by atoms with Crippen LogP contribution in [0, 0.1) is 16.7 Å². The van der Waals surface area contributed by atoms with Crippen molar-refractivity contribution in [1.29, 1.82) is 0 Å². The van der Waals surface area contributed by atoms with Crippen LogP contribution in [0.2, 0.25) is 0 Å². The van der Waals surface area contributed by atoms with Crippen LogP contribution >= 0.6 is 0 Å². The molecule has 0 aromatic carbocycles. The number of hydrogen-bond donors (Lipinski definition) is 2. The lowest BCUT2D eigenvalue weighted by atomic mass is 9.49. The quantitative estimate of drug-likeness (QED) is 0.746. The third-order valence-electron chi connectivity index (χ3n) is 5.99. The van der Waals surface area contributed by atoms with Gasteiger partial charge in [0.1, 0.15) is 0 Å². The summed E-state index contributed by atoms with van der Waals surface area (Å²) in [6.45, 7) is 6.03. The second kappa shape index (κ2) is 3.26. The Morgan fingerprint density at radius 1 is 1.39 bits per heavy atom. The Kier molecular flexibility index (Phi) is 2.24. The molecule has 2 saturated carbocycles. The average Bonchev–Trinajstić information content (AvgIpc) is 2.59. The molecule has 2 N–H and O–H groups in total. The van der Waals surface area contributed by atoms with E-state index in [2.05, 4.69) is 6.92 Å². The Morgan fingerprint density at radius 3 is 2.56 bits per heavy atom. The van der Waals surface area contributed by atoms with Gasteiger partial charge >= 0.3 is 0 Å². The molecule has 3 rings (SSSR count). The zero-order valence-corrected chi connectivity index (χ0v) is 11.4. The van der Waals surface area contributed by atoms with Gasteiger partial charge in [0.25, 0.3) is 0 Å². The highest BCUT2D eigenvalue weighted by atomic mass is 16.3. The van der Waals surface area contributed by atoms with Crippen molar-refractivity contribution >= 4 is 5.78 Å². The number of aliphatic hydroxyl groups is 2. The van der Waals surface area contributed by atoms with Crippen molar-refractivity contribution in [2.45, 2.75) is 52.1 Å². The van der Waals surface area contributed by atoms with Crippen LogP contribution in [0.3, 0.4) is 0 Å². The smallest absolute Gasteiger partial charge is 0.164 e. The fourth-order valence-electron chi connectivity index (χ4n) is 4.63. The van der Waals surface area contributed by atoms with Crippen molar-refractivity contribution in [2.24, 2.45) is 16.7 Å². The molecule has 0 aromatic heterocycles. The van der Waals surface area contributed by atoms with Gasteiger partial charge in [-0.15, -0.1) is 0 Å². The maximum Gasteiger partial charge on any atom is 0.164 e. The summed E-state index contributed by atoms with van der Waals surface area (Å²) in [5.74, 6) is -0.203. The summed E-state index contributed by atoms with van der Waals surface area (Å²) in [5.41, 5.74) is 0.551. The Hall–Kier alpha value is -0.670. The van der Waals surface area contributed by atoms with E-state index in [1.165, 1.54) is 0 Å². The summed E-state index contributed by atoms with van der Waals surface area (Å²) in [5, 5.41) is 20.7. The summed E-state index contributed by atoms with van der Waals surface area (Å²) < 4.78 is 0. The first kappa shape index (κ1) is 12.4. The van der Waals surface area contributed by atoms with E-state index in [0.29, 0.717) is 12.8 Å². The van der Waals surface area contributed by atoms with Crippen molar-refractivity contribution in [3.63, 3.8) is 0 Å². The van der Waals surface area contributed by atoms with Gasteiger partial charge in [0.05, 0.1) is 11.5 Å². The first-order chi connectivity index (χ1) is 8.27. The van der Waals surface area contributed by atoms with Crippen LogP contribution in [0.1, 0.15) is 46.5 Å². The van der Waals surface area contributed by atoms with E-state index < -0.39 is 5.60 Å². The monoisotopic (exact) mass is 250 g/mol. The Balaban J connectivity index is 2.12. The molecule has 0 heterocycles. The molecule has 18 heavy (non-hydrogen) atoms. The molecule has 0 spiro atoms. The van der Waals surface area contributed by atoms with Gasteiger partial charge in [-0.2, -0.15) is 0 Å². The average molecular weight is 250 g/mol. The van der Waals surface area contributed by atoms with Gasteiger partial charge in [0.15, 0.2) is 5.78 Å². The van der Waals surface area contributed by atoms with Crippen molar-refractivity contribution in [2.75, 3.05) is 6.61 Å². The molecule has 0 aromatic rings. The molecule has 4 atom stereocenters. The molecular weight excluding hydrogens is 228 g/mol. The second-order valence-electron chi connectivity index (χ2n) is 7.13. The lowest BCUT2D eigenvalue weighted by Gasteiger charge is -2.57. The van der Waals surface area contributed by atoms with Crippen LogP contribution in [-0.4, -0.2) is 28.2 Å². The normalized spacial score (nSPS) is 50.9. The number of hydrogen-bond acceptors (Lipinski definition) is 3. The number of Topliss-reactive ketones (excluding diaryl/α,β-unsaturated/α-hetero) is 1. The van der Waals surface area contributed by atoms with Gasteiger partial charge in [-0.3, -0.25) is 4.79 Å². The third kappa shape index (κ3) is 1.15. The number of rotatable bonds is 1. The number of aliphatic hydroxyl groups excluding tert-OH is 1. The Morgan fingerprint density at radius 2 is 2.06 bits per heavy atom. The van der Waals surface area contributed by atoms with Gasteiger partial charge in [-0.25, -0.2) is 0 Å². The maximum atomic E-state index is 12.4. The van der Waals surface area contributed by atoms with Crippen molar-refractivity contribution in [1.82, 2.24) is 0 Å². The molecule has 3 aliphatic carbocycles. The summed E-state index contributed by atoms with van der Waals surface area (Å²) >= 11 is 0. The summed E-state index contributed by atoms with van der Waals surface area (Å²) in [4.78, 5) is 12.4. The van der Waals surface area contributed by atoms with Gasteiger partial charge in [0.2, 0.25) is 0 Å². The predicted octanol–water partition coefficient (Wildman–Crippen LogP) is 1.83. The molecule has 0 unspecified atom stereocenters. The zero-order chi connectivity index (χ0) is 13.3. The number of allylic oxidation sites excluding steroid dienone is 1. The van der Waals surface area contributed by atoms with Crippen molar-refractivity contribution in [3.05, 3.63) is 11.1 Å². The zero-order valence-electron chi connectivity index (χ0n) is 11.4. The molecule has 0 radical (unpaired) electrons. The first-order valence-electron chi connectivity index (χ1n) is 6.85. The van der Waals surface area contributed by atoms with Crippen LogP contribution in [-0.2, 0) is 4.79 Å². The number of carbonyl (C=O) groups excluding carboxylic acids is 1. The van der Waals surface area contributed by atoms with Gasteiger partial charge in [-0.05, 0) is 43.6 Å². The summed E-state index contributed by atoms with van der Waals surface area (Å²) in [6, 6.07) is 0. The summed E-state index contributed by atoms with van der Waals surface area (Å²) in [6.07, 6.45) is 3.06. The van der Waals surface area contributed by atoms with Crippen LogP contribution in [0.25, 0.3) is 0 Å². The first-order valence-corrected chi connectivity index (χ1v) is 6.85. The summed E-state index contributed by atoms with van der Waals surface area (Å²) in [7, 11) is 0. The third-order valence-corrected chi connectivity index (χ3v) is 5.99. The molecule has 0 saturated heterocycles.